The van der Waals surface area contributed by atoms with E-state index in [0.717, 1.165) is 16.7 Å². The molecule has 160 valence electrons. The number of aromatic nitrogens is 1. The molecule has 3 rings (SSSR count). The molecule has 1 aromatic heterocycles. The van der Waals surface area contributed by atoms with Crippen molar-refractivity contribution in [3.05, 3.63) is 102 Å². The number of benzene rings is 2. The van der Waals surface area contributed by atoms with Crippen LogP contribution in [-0.4, -0.2) is 27.7 Å². The summed E-state index contributed by atoms with van der Waals surface area (Å²) in [5.41, 5.74) is 2.92. The maximum Gasteiger partial charge on any atom is 0.243 e. The Hall–Kier alpha value is -3.47. The SMILES string of the molecule is CC(C)C(=O)N(Cc1ccccc1)[C@H](Cc1ccccc1)C(=O)NCc1cccnc1. The van der Waals surface area contributed by atoms with Crippen LogP contribution in [0.5, 0.6) is 0 Å². The van der Waals surface area contributed by atoms with Gasteiger partial charge in [0.1, 0.15) is 6.04 Å². The van der Waals surface area contributed by atoms with Gasteiger partial charge in [-0.25, -0.2) is 0 Å². The first-order valence-electron chi connectivity index (χ1n) is 10.6. The highest BCUT2D eigenvalue weighted by atomic mass is 16.2. The molecule has 0 saturated heterocycles. The summed E-state index contributed by atoms with van der Waals surface area (Å²) in [5.74, 6) is -0.424. The highest BCUT2D eigenvalue weighted by molar-refractivity contribution is 5.88. The predicted octanol–water partition coefficient (Wildman–Crippen LogP) is 3.99. The molecule has 5 heteroatoms. The minimum absolute atomic E-state index is 0.0405. The third-order valence-corrected chi connectivity index (χ3v) is 5.11. The van der Waals surface area contributed by atoms with E-state index in [1.165, 1.54) is 0 Å². The van der Waals surface area contributed by atoms with Crippen LogP contribution in [0.2, 0.25) is 0 Å². The van der Waals surface area contributed by atoms with Gasteiger partial charge < -0.3 is 10.2 Å². The maximum atomic E-state index is 13.4. The molecule has 0 radical (unpaired) electrons. The van der Waals surface area contributed by atoms with Gasteiger partial charge in [-0.2, -0.15) is 0 Å². The summed E-state index contributed by atoms with van der Waals surface area (Å²) in [6.45, 7) is 4.49. The van der Waals surface area contributed by atoms with Crippen molar-refractivity contribution in [1.82, 2.24) is 15.2 Å². The summed E-state index contributed by atoms with van der Waals surface area (Å²) in [5, 5.41) is 3.01. The van der Waals surface area contributed by atoms with Gasteiger partial charge in [-0.05, 0) is 22.8 Å². The molecule has 0 bridgehead atoms. The van der Waals surface area contributed by atoms with Crippen molar-refractivity contribution in [2.45, 2.75) is 39.4 Å². The van der Waals surface area contributed by atoms with Crippen LogP contribution in [0.1, 0.15) is 30.5 Å². The number of carbonyl (C=O) groups excluding carboxylic acids is 2. The molecule has 2 amide bonds. The largest absolute Gasteiger partial charge is 0.350 e. The number of pyridine rings is 1. The molecule has 0 fully saturated rings. The van der Waals surface area contributed by atoms with Crippen LogP contribution >= 0.6 is 0 Å². The average Bonchev–Trinajstić information content (AvgIpc) is 2.81. The van der Waals surface area contributed by atoms with Crippen LogP contribution < -0.4 is 5.32 Å². The topological polar surface area (TPSA) is 62.3 Å². The Labute approximate surface area is 184 Å². The number of rotatable bonds is 9. The lowest BCUT2D eigenvalue weighted by atomic mass is 10.0. The van der Waals surface area contributed by atoms with Gasteiger partial charge in [0, 0.05) is 37.8 Å². The molecule has 1 N–H and O–H groups in total. The van der Waals surface area contributed by atoms with Crippen molar-refractivity contribution in [2.75, 3.05) is 0 Å². The van der Waals surface area contributed by atoms with Crippen molar-refractivity contribution in [1.29, 1.82) is 0 Å². The number of hydrogen-bond donors (Lipinski definition) is 1. The molecule has 0 aliphatic heterocycles. The molecular weight excluding hydrogens is 386 g/mol. The smallest absolute Gasteiger partial charge is 0.243 e. The fourth-order valence-electron chi connectivity index (χ4n) is 3.44. The van der Waals surface area contributed by atoms with Crippen LogP contribution in [0.15, 0.2) is 85.2 Å². The Morgan fingerprint density at radius 1 is 0.871 bits per heavy atom. The Balaban J connectivity index is 1.88. The molecule has 31 heavy (non-hydrogen) atoms. The van der Waals surface area contributed by atoms with Gasteiger partial charge in [-0.1, -0.05) is 80.6 Å². The Kier molecular flexibility index (Phi) is 7.93. The van der Waals surface area contributed by atoms with Gasteiger partial charge in [0.25, 0.3) is 0 Å². The molecule has 0 saturated carbocycles. The van der Waals surface area contributed by atoms with Crippen molar-refractivity contribution >= 4 is 11.8 Å². The summed E-state index contributed by atoms with van der Waals surface area (Å²) in [7, 11) is 0. The third-order valence-electron chi connectivity index (χ3n) is 5.11. The molecule has 1 heterocycles. The predicted molar refractivity (Wildman–Crippen MR) is 122 cm³/mol. The highest BCUT2D eigenvalue weighted by Gasteiger charge is 2.31. The van der Waals surface area contributed by atoms with E-state index in [-0.39, 0.29) is 17.7 Å². The van der Waals surface area contributed by atoms with E-state index in [1.807, 2.05) is 86.6 Å². The molecule has 3 aromatic rings. The number of nitrogens with one attached hydrogen (secondary N) is 1. The maximum absolute atomic E-state index is 13.4. The first-order chi connectivity index (χ1) is 15.0. The molecular formula is C26H29N3O2. The highest BCUT2D eigenvalue weighted by Crippen LogP contribution is 2.17. The summed E-state index contributed by atoms with van der Waals surface area (Å²) in [4.78, 5) is 32.4. The zero-order valence-corrected chi connectivity index (χ0v) is 18.1. The van der Waals surface area contributed by atoms with E-state index in [9.17, 15) is 9.59 Å². The van der Waals surface area contributed by atoms with E-state index < -0.39 is 6.04 Å². The second-order valence-corrected chi connectivity index (χ2v) is 7.89. The number of carbonyl (C=O) groups is 2. The van der Waals surface area contributed by atoms with Gasteiger partial charge in [0.15, 0.2) is 0 Å². The average molecular weight is 416 g/mol. The fourth-order valence-corrected chi connectivity index (χ4v) is 3.44. The van der Waals surface area contributed by atoms with Crippen LogP contribution in [0, 0.1) is 5.92 Å². The molecule has 0 aliphatic rings. The summed E-state index contributed by atoms with van der Waals surface area (Å²) in [6, 6.07) is 22.8. The van der Waals surface area contributed by atoms with Gasteiger partial charge >= 0.3 is 0 Å². The standard InChI is InChI=1S/C26H29N3O2/c1-20(2)26(31)29(19-22-12-7-4-8-13-22)24(16-21-10-5-3-6-11-21)25(30)28-18-23-14-9-15-27-17-23/h3-15,17,20,24H,16,18-19H2,1-2H3,(H,28,30)/t24-/m1/s1. The quantitative estimate of drug-likeness (QED) is 0.575. The second-order valence-electron chi connectivity index (χ2n) is 7.89. The summed E-state index contributed by atoms with van der Waals surface area (Å²) < 4.78 is 0. The molecule has 0 aliphatic carbocycles. The van der Waals surface area contributed by atoms with E-state index >= 15 is 0 Å². The first kappa shape index (κ1) is 22.2. The number of amides is 2. The number of hydrogen-bond acceptors (Lipinski definition) is 3. The first-order valence-corrected chi connectivity index (χ1v) is 10.6. The normalized spacial score (nSPS) is 11.7. The van der Waals surface area contributed by atoms with Gasteiger partial charge in [-0.15, -0.1) is 0 Å². The van der Waals surface area contributed by atoms with Crippen LogP contribution in [-0.2, 0) is 29.1 Å². The van der Waals surface area contributed by atoms with Gasteiger partial charge in [0.2, 0.25) is 11.8 Å². The lowest BCUT2D eigenvalue weighted by molar-refractivity contribution is -0.143. The molecule has 0 unspecified atom stereocenters. The van der Waals surface area contributed by atoms with Crippen LogP contribution in [0.3, 0.4) is 0 Å². The minimum atomic E-state index is -0.617. The molecule has 5 nitrogen and oxygen atoms in total. The van der Waals surface area contributed by atoms with E-state index in [4.69, 9.17) is 0 Å². The van der Waals surface area contributed by atoms with Crippen molar-refractivity contribution < 1.29 is 9.59 Å². The Bertz CT molecular complexity index is 960. The zero-order chi connectivity index (χ0) is 22.1. The molecule has 1 atom stereocenters. The van der Waals surface area contributed by atoms with E-state index in [2.05, 4.69) is 10.3 Å². The van der Waals surface area contributed by atoms with E-state index in [1.54, 1.807) is 17.3 Å². The van der Waals surface area contributed by atoms with E-state index in [0.29, 0.717) is 19.5 Å². The van der Waals surface area contributed by atoms with Crippen molar-refractivity contribution in [2.24, 2.45) is 5.92 Å². The van der Waals surface area contributed by atoms with Crippen LogP contribution in [0.25, 0.3) is 0 Å². The van der Waals surface area contributed by atoms with Gasteiger partial charge in [-0.3, -0.25) is 14.6 Å². The summed E-state index contributed by atoms with van der Waals surface area (Å²) >= 11 is 0. The lowest BCUT2D eigenvalue weighted by Gasteiger charge is -2.32. The van der Waals surface area contributed by atoms with Crippen molar-refractivity contribution in [3.63, 3.8) is 0 Å². The Morgan fingerprint density at radius 2 is 1.48 bits per heavy atom. The zero-order valence-electron chi connectivity index (χ0n) is 18.1. The fraction of sp³-hybridized carbons (Fsp3) is 0.269. The van der Waals surface area contributed by atoms with Crippen molar-refractivity contribution in [3.8, 4) is 0 Å². The monoisotopic (exact) mass is 415 g/mol. The number of nitrogens with zero attached hydrogens (tertiary/aromatic N) is 2. The molecule has 2 aromatic carbocycles. The second kappa shape index (κ2) is 11.1. The minimum Gasteiger partial charge on any atom is -0.350 e. The third kappa shape index (κ3) is 6.51. The van der Waals surface area contributed by atoms with Gasteiger partial charge in [0.05, 0.1) is 0 Å². The Morgan fingerprint density at radius 3 is 2.06 bits per heavy atom. The molecule has 0 spiro atoms. The lowest BCUT2D eigenvalue weighted by Crippen LogP contribution is -2.51. The van der Waals surface area contributed by atoms with Crippen LogP contribution in [0.4, 0.5) is 0 Å². The summed E-state index contributed by atoms with van der Waals surface area (Å²) in [6.07, 6.45) is 3.88.